The van der Waals surface area contributed by atoms with Crippen molar-refractivity contribution in [3.8, 4) is 0 Å². The van der Waals surface area contributed by atoms with Crippen LogP contribution >= 0.6 is 23.2 Å². The van der Waals surface area contributed by atoms with Crippen molar-refractivity contribution in [1.82, 2.24) is 5.43 Å². The number of nitrogens with two attached hydrogens (primary N) is 2. The van der Waals surface area contributed by atoms with Crippen LogP contribution in [0.1, 0.15) is 5.56 Å². The second kappa shape index (κ2) is 6.93. The lowest BCUT2D eigenvalue weighted by atomic mass is 10.2. The molecule has 1 aromatic rings. The van der Waals surface area contributed by atoms with Crippen molar-refractivity contribution in [3.05, 3.63) is 28.8 Å². The van der Waals surface area contributed by atoms with Crippen LogP contribution in [-0.2, 0) is 6.54 Å². The van der Waals surface area contributed by atoms with E-state index in [2.05, 4.69) is 10.9 Å². The summed E-state index contributed by atoms with van der Waals surface area (Å²) in [6, 6.07) is 5.55. The summed E-state index contributed by atoms with van der Waals surface area (Å²) in [5, 5.41) is 0.545. The number of halogens is 2. The Morgan fingerprint density at radius 3 is 2.69 bits per heavy atom. The second-order valence-electron chi connectivity index (χ2n) is 3.31. The molecule has 0 bridgehead atoms. The highest BCUT2D eigenvalue weighted by Crippen LogP contribution is 2.22. The van der Waals surface area contributed by atoms with Crippen LogP contribution in [0.5, 0.6) is 0 Å². The molecule has 0 heterocycles. The molecule has 0 aliphatic heterocycles. The van der Waals surface area contributed by atoms with Gasteiger partial charge in [0.1, 0.15) is 0 Å². The van der Waals surface area contributed by atoms with Crippen molar-refractivity contribution >= 4 is 28.9 Å². The molecular formula is C10H16Cl2N4. The van der Waals surface area contributed by atoms with Crippen LogP contribution in [0.4, 0.5) is 5.69 Å². The number of hydrogen-bond donors (Lipinski definition) is 4. The Kier molecular flexibility index (Phi) is 5.87. The molecule has 0 saturated heterocycles. The van der Waals surface area contributed by atoms with Gasteiger partial charge in [0.05, 0.1) is 11.1 Å². The third-order valence-corrected chi connectivity index (χ3v) is 2.81. The standard InChI is InChI=1S/C10H16Cl2N4/c11-7(4-13)6-15-16-10-3-1-2-9(12)8(10)5-14/h1-3,7,15-16H,4-6,13-14H2. The van der Waals surface area contributed by atoms with E-state index >= 15 is 0 Å². The van der Waals surface area contributed by atoms with Gasteiger partial charge in [-0.2, -0.15) is 0 Å². The molecule has 0 radical (unpaired) electrons. The van der Waals surface area contributed by atoms with Crippen LogP contribution in [0.25, 0.3) is 0 Å². The van der Waals surface area contributed by atoms with Crippen LogP contribution in [0.2, 0.25) is 5.02 Å². The molecule has 1 atom stereocenters. The van der Waals surface area contributed by atoms with E-state index in [1.54, 1.807) is 6.07 Å². The molecule has 0 aromatic heterocycles. The summed E-state index contributed by atoms with van der Waals surface area (Å²) in [5.41, 5.74) is 18.7. The van der Waals surface area contributed by atoms with Crippen LogP contribution < -0.4 is 22.3 Å². The van der Waals surface area contributed by atoms with E-state index in [1.807, 2.05) is 12.1 Å². The van der Waals surface area contributed by atoms with Crippen LogP contribution in [0.3, 0.4) is 0 Å². The summed E-state index contributed by atoms with van der Waals surface area (Å²) in [6.45, 7) is 1.37. The van der Waals surface area contributed by atoms with E-state index in [1.165, 1.54) is 0 Å². The second-order valence-corrected chi connectivity index (χ2v) is 4.33. The highest BCUT2D eigenvalue weighted by Gasteiger charge is 2.05. The summed E-state index contributed by atoms with van der Waals surface area (Å²) in [5.74, 6) is 0. The number of nitrogens with one attached hydrogen (secondary N) is 2. The molecule has 1 rings (SSSR count). The monoisotopic (exact) mass is 262 g/mol. The fraction of sp³-hybridized carbons (Fsp3) is 0.400. The number of hydrazine groups is 1. The molecule has 0 spiro atoms. The Morgan fingerprint density at radius 1 is 1.31 bits per heavy atom. The van der Waals surface area contributed by atoms with Gasteiger partial charge in [0.2, 0.25) is 0 Å². The molecular weight excluding hydrogens is 247 g/mol. The topological polar surface area (TPSA) is 76.1 Å². The van der Waals surface area contributed by atoms with Crippen molar-refractivity contribution in [2.24, 2.45) is 11.5 Å². The SMILES string of the molecule is NCc1c(Cl)cccc1NNCC(Cl)CN. The molecule has 0 amide bonds. The zero-order chi connectivity index (χ0) is 12.0. The van der Waals surface area contributed by atoms with E-state index in [9.17, 15) is 0 Å². The van der Waals surface area contributed by atoms with Gasteiger partial charge >= 0.3 is 0 Å². The molecule has 0 fully saturated rings. The maximum absolute atomic E-state index is 6.00. The number of rotatable bonds is 6. The van der Waals surface area contributed by atoms with E-state index < -0.39 is 0 Å². The molecule has 1 aromatic carbocycles. The summed E-state index contributed by atoms with van der Waals surface area (Å²) in [7, 11) is 0. The van der Waals surface area contributed by atoms with E-state index in [0.717, 1.165) is 11.3 Å². The molecule has 1 unspecified atom stereocenters. The summed E-state index contributed by atoms with van der Waals surface area (Å²) in [6.07, 6.45) is 0. The zero-order valence-corrected chi connectivity index (χ0v) is 10.4. The van der Waals surface area contributed by atoms with Gasteiger partial charge in [0.15, 0.2) is 0 Å². The normalized spacial score (nSPS) is 12.5. The third-order valence-electron chi connectivity index (χ3n) is 2.13. The fourth-order valence-corrected chi connectivity index (χ4v) is 1.55. The van der Waals surface area contributed by atoms with Gasteiger partial charge in [-0.3, -0.25) is 0 Å². The maximum Gasteiger partial charge on any atom is 0.0601 e. The Hall–Kier alpha value is -0.520. The molecule has 0 aliphatic rings. The van der Waals surface area contributed by atoms with Crippen molar-refractivity contribution in [1.29, 1.82) is 0 Å². The van der Waals surface area contributed by atoms with E-state index in [0.29, 0.717) is 24.7 Å². The van der Waals surface area contributed by atoms with Gasteiger partial charge in [-0.15, -0.1) is 11.6 Å². The largest absolute Gasteiger partial charge is 0.329 e. The predicted octanol–water partition coefficient (Wildman–Crippen LogP) is 1.28. The maximum atomic E-state index is 6.00. The molecule has 0 aliphatic carbocycles. The molecule has 90 valence electrons. The van der Waals surface area contributed by atoms with Crippen molar-refractivity contribution in [3.63, 3.8) is 0 Å². The van der Waals surface area contributed by atoms with Crippen molar-refractivity contribution in [2.75, 3.05) is 18.5 Å². The number of hydrogen-bond acceptors (Lipinski definition) is 4. The first-order valence-corrected chi connectivity index (χ1v) is 5.81. The molecule has 4 nitrogen and oxygen atoms in total. The first-order chi connectivity index (χ1) is 7.69. The van der Waals surface area contributed by atoms with E-state index in [4.69, 9.17) is 34.7 Å². The lowest BCUT2D eigenvalue weighted by Gasteiger charge is -2.14. The third kappa shape index (κ3) is 3.81. The Bertz CT molecular complexity index is 333. The first-order valence-electron chi connectivity index (χ1n) is 4.99. The minimum absolute atomic E-state index is 0.104. The fourth-order valence-electron chi connectivity index (χ4n) is 1.22. The Labute approximate surface area is 105 Å². The highest BCUT2D eigenvalue weighted by molar-refractivity contribution is 6.31. The summed E-state index contributed by atoms with van der Waals surface area (Å²) >= 11 is 11.9. The molecule has 6 heteroatoms. The lowest BCUT2D eigenvalue weighted by Crippen LogP contribution is -2.33. The summed E-state index contributed by atoms with van der Waals surface area (Å²) in [4.78, 5) is 0. The zero-order valence-electron chi connectivity index (χ0n) is 8.84. The van der Waals surface area contributed by atoms with Gasteiger partial charge < -0.3 is 16.9 Å². The molecule has 0 saturated carbocycles. The minimum Gasteiger partial charge on any atom is -0.329 e. The van der Waals surface area contributed by atoms with E-state index in [-0.39, 0.29) is 5.38 Å². The van der Waals surface area contributed by atoms with Crippen LogP contribution in [0, 0.1) is 0 Å². The summed E-state index contributed by atoms with van der Waals surface area (Å²) < 4.78 is 0. The smallest absolute Gasteiger partial charge is 0.0601 e. The highest BCUT2D eigenvalue weighted by atomic mass is 35.5. The number of alkyl halides is 1. The van der Waals surface area contributed by atoms with Gasteiger partial charge in [0, 0.05) is 30.2 Å². The van der Waals surface area contributed by atoms with Gasteiger partial charge in [0.25, 0.3) is 0 Å². The van der Waals surface area contributed by atoms with Crippen molar-refractivity contribution < 1.29 is 0 Å². The quantitative estimate of drug-likeness (QED) is 0.460. The van der Waals surface area contributed by atoms with Crippen LogP contribution in [0.15, 0.2) is 18.2 Å². The predicted molar refractivity (Wildman–Crippen MR) is 69.7 cm³/mol. The Balaban J connectivity index is 2.56. The van der Waals surface area contributed by atoms with Gasteiger partial charge in [-0.25, -0.2) is 5.43 Å². The lowest BCUT2D eigenvalue weighted by molar-refractivity contribution is 0.731. The number of benzene rings is 1. The van der Waals surface area contributed by atoms with Gasteiger partial charge in [-0.1, -0.05) is 17.7 Å². The number of anilines is 1. The molecule has 16 heavy (non-hydrogen) atoms. The minimum atomic E-state index is -0.104. The Morgan fingerprint density at radius 2 is 2.06 bits per heavy atom. The van der Waals surface area contributed by atoms with Crippen LogP contribution in [-0.4, -0.2) is 18.5 Å². The first kappa shape index (κ1) is 13.5. The average Bonchev–Trinajstić information content (AvgIpc) is 2.29. The average molecular weight is 263 g/mol. The van der Waals surface area contributed by atoms with Gasteiger partial charge in [-0.05, 0) is 12.1 Å². The molecule has 6 N–H and O–H groups in total. The van der Waals surface area contributed by atoms with Crippen molar-refractivity contribution in [2.45, 2.75) is 11.9 Å².